The van der Waals surface area contributed by atoms with Gasteiger partial charge in [-0.2, -0.15) is 0 Å². The molecule has 0 unspecified atom stereocenters. The third-order valence-corrected chi connectivity index (χ3v) is 2.52. The van der Waals surface area contributed by atoms with E-state index in [1.807, 2.05) is 0 Å². The van der Waals surface area contributed by atoms with Gasteiger partial charge < -0.3 is 22.1 Å². The number of hydrogen-bond acceptors (Lipinski definition) is 5. The number of amides is 3. The highest BCUT2D eigenvalue weighted by molar-refractivity contribution is 5.79. The van der Waals surface area contributed by atoms with Crippen molar-refractivity contribution < 1.29 is 14.4 Å². The number of primary amides is 2. The first-order valence-corrected chi connectivity index (χ1v) is 6.09. The van der Waals surface area contributed by atoms with E-state index < -0.39 is 11.8 Å². The van der Waals surface area contributed by atoms with Crippen molar-refractivity contribution in [1.29, 1.82) is 0 Å². The molecular weight excluding hydrogens is 250 g/mol. The molecule has 19 heavy (non-hydrogen) atoms. The maximum atomic E-state index is 11.8. The Morgan fingerprint density at radius 1 is 1.00 bits per heavy atom. The summed E-state index contributed by atoms with van der Waals surface area (Å²) in [5.74, 6) is -1.21. The molecule has 3 amide bonds. The first-order valence-electron chi connectivity index (χ1n) is 6.09. The first kappa shape index (κ1) is 17.3. The summed E-state index contributed by atoms with van der Waals surface area (Å²) in [6.45, 7) is 1.18. The van der Waals surface area contributed by atoms with Crippen molar-refractivity contribution in [3.63, 3.8) is 0 Å². The van der Waals surface area contributed by atoms with Gasteiger partial charge in [0.25, 0.3) is 0 Å². The van der Waals surface area contributed by atoms with Crippen LogP contribution in [0.1, 0.15) is 12.8 Å². The average molecular weight is 273 g/mol. The zero-order chi connectivity index (χ0) is 14.8. The van der Waals surface area contributed by atoms with Crippen molar-refractivity contribution in [2.45, 2.75) is 12.8 Å². The standard InChI is InChI=1S/C11H23N5O3/c1-15(5-2-4-12)11(19)3-6-16(7-9(13)17)8-10(14)18/h2-8,12H2,1H3,(H2,13,17)(H2,14,18). The minimum Gasteiger partial charge on any atom is -0.369 e. The highest BCUT2D eigenvalue weighted by atomic mass is 16.2. The van der Waals surface area contributed by atoms with E-state index in [4.69, 9.17) is 17.2 Å². The number of rotatable bonds is 10. The van der Waals surface area contributed by atoms with Crippen molar-refractivity contribution >= 4 is 17.7 Å². The van der Waals surface area contributed by atoms with E-state index in [1.165, 1.54) is 4.90 Å². The third-order valence-electron chi connectivity index (χ3n) is 2.52. The van der Waals surface area contributed by atoms with Crippen LogP contribution in [0.5, 0.6) is 0 Å². The monoisotopic (exact) mass is 273 g/mol. The molecule has 0 rings (SSSR count). The largest absolute Gasteiger partial charge is 0.369 e. The maximum Gasteiger partial charge on any atom is 0.231 e. The van der Waals surface area contributed by atoms with E-state index in [-0.39, 0.29) is 32.0 Å². The predicted molar refractivity (Wildman–Crippen MR) is 70.8 cm³/mol. The molecule has 110 valence electrons. The Balaban J connectivity index is 4.18. The molecule has 0 aliphatic carbocycles. The molecule has 0 heterocycles. The molecule has 0 radical (unpaired) electrons. The van der Waals surface area contributed by atoms with Gasteiger partial charge in [0.05, 0.1) is 13.1 Å². The summed E-state index contributed by atoms with van der Waals surface area (Å²) in [6, 6.07) is 0. The number of carbonyl (C=O) groups excluding carboxylic acids is 3. The van der Waals surface area contributed by atoms with Crippen LogP contribution in [0.15, 0.2) is 0 Å². The van der Waals surface area contributed by atoms with Crippen LogP contribution in [0.4, 0.5) is 0 Å². The van der Waals surface area contributed by atoms with Crippen LogP contribution < -0.4 is 17.2 Å². The molecule has 0 aliphatic heterocycles. The number of nitrogens with two attached hydrogens (primary N) is 3. The molecule has 0 aromatic carbocycles. The molecule has 6 N–H and O–H groups in total. The zero-order valence-corrected chi connectivity index (χ0v) is 11.3. The molecule has 0 saturated heterocycles. The maximum absolute atomic E-state index is 11.8. The molecule has 0 spiro atoms. The lowest BCUT2D eigenvalue weighted by molar-refractivity contribution is -0.131. The minimum absolute atomic E-state index is 0.0765. The Hall–Kier alpha value is -1.67. The van der Waals surface area contributed by atoms with Gasteiger partial charge in [-0.3, -0.25) is 19.3 Å². The van der Waals surface area contributed by atoms with Crippen LogP contribution in [0, 0.1) is 0 Å². The van der Waals surface area contributed by atoms with Gasteiger partial charge in [0.1, 0.15) is 0 Å². The fraction of sp³-hybridized carbons (Fsp3) is 0.727. The van der Waals surface area contributed by atoms with Gasteiger partial charge in [0.2, 0.25) is 17.7 Å². The quantitative estimate of drug-likeness (QED) is 0.403. The molecule has 0 fully saturated rings. The van der Waals surface area contributed by atoms with E-state index in [9.17, 15) is 14.4 Å². The number of nitrogens with zero attached hydrogens (tertiary/aromatic N) is 2. The highest BCUT2D eigenvalue weighted by Gasteiger charge is 2.14. The SMILES string of the molecule is CN(CCCN)C(=O)CCN(CC(N)=O)CC(N)=O. The second kappa shape index (κ2) is 9.29. The lowest BCUT2D eigenvalue weighted by Crippen LogP contribution is -2.41. The number of carbonyl (C=O) groups is 3. The van der Waals surface area contributed by atoms with Crippen molar-refractivity contribution in [3.8, 4) is 0 Å². The molecule has 8 nitrogen and oxygen atoms in total. The topological polar surface area (TPSA) is 136 Å². The van der Waals surface area contributed by atoms with Gasteiger partial charge in [-0.25, -0.2) is 0 Å². The van der Waals surface area contributed by atoms with Crippen LogP contribution in [-0.2, 0) is 14.4 Å². The van der Waals surface area contributed by atoms with E-state index in [2.05, 4.69) is 0 Å². The average Bonchev–Trinajstić information content (AvgIpc) is 2.31. The van der Waals surface area contributed by atoms with Gasteiger partial charge in [0, 0.05) is 26.6 Å². The fourth-order valence-electron chi connectivity index (χ4n) is 1.55. The van der Waals surface area contributed by atoms with Gasteiger partial charge in [0.15, 0.2) is 0 Å². The third kappa shape index (κ3) is 8.97. The Labute approximate surface area is 112 Å². The van der Waals surface area contributed by atoms with E-state index in [0.717, 1.165) is 6.42 Å². The Morgan fingerprint density at radius 3 is 1.95 bits per heavy atom. The summed E-state index contributed by atoms with van der Waals surface area (Å²) < 4.78 is 0. The Kier molecular flexibility index (Phi) is 8.47. The first-order chi connectivity index (χ1) is 8.86. The second-order valence-corrected chi connectivity index (χ2v) is 4.35. The minimum atomic E-state index is -0.565. The van der Waals surface area contributed by atoms with E-state index in [1.54, 1.807) is 11.9 Å². The summed E-state index contributed by atoms with van der Waals surface area (Å²) in [7, 11) is 1.69. The van der Waals surface area contributed by atoms with Gasteiger partial charge in [-0.15, -0.1) is 0 Å². The molecule has 0 bridgehead atoms. The van der Waals surface area contributed by atoms with Gasteiger partial charge in [-0.05, 0) is 13.0 Å². The van der Waals surface area contributed by atoms with Crippen LogP contribution in [0.25, 0.3) is 0 Å². The zero-order valence-electron chi connectivity index (χ0n) is 11.3. The number of hydrogen-bond donors (Lipinski definition) is 3. The predicted octanol–water partition coefficient (Wildman–Crippen LogP) is -2.54. The Bertz CT molecular complexity index is 305. The summed E-state index contributed by atoms with van der Waals surface area (Å²) in [5, 5.41) is 0. The molecule has 0 aromatic rings. The van der Waals surface area contributed by atoms with Gasteiger partial charge >= 0.3 is 0 Å². The molecule has 0 saturated carbocycles. The summed E-state index contributed by atoms with van der Waals surface area (Å²) in [6.07, 6.45) is 0.927. The second-order valence-electron chi connectivity index (χ2n) is 4.35. The van der Waals surface area contributed by atoms with Crippen molar-refractivity contribution in [1.82, 2.24) is 9.80 Å². The van der Waals surface area contributed by atoms with Crippen molar-refractivity contribution in [2.75, 3.05) is 39.8 Å². The fourth-order valence-corrected chi connectivity index (χ4v) is 1.55. The lowest BCUT2D eigenvalue weighted by Gasteiger charge is -2.21. The van der Waals surface area contributed by atoms with Crippen LogP contribution in [-0.4, -0.2) is 67.3 Å². The van der Waals surface area contributed by atoms with Gasteiger partial charge in [-0.1, -0.05) is 0 Å². The lowest BCUT2D eigenvalue weighted by atomic mass is 10.3. The highest BCUT2D eigenvalue weighted by Crippen LogP contribution is 1.96. The summed E-state index contributed by atoms with van der Waals surface area (Å²) >= 11 is 0. The van der Waals surface area contributed by atoms with Crippen molar-refractivity contribution in [2.24, 2.45) is 17.2 Å². The smallest absolute Gasteiger partial charge is 0.231 e. The molecular formula is C11H23N5O3. The van der Waals surface area contributed by atoms with Crippen molar-refractivity contribution in [3.05, 3.63) is 0 Å². The van der Waals surface area contributed by atoms with E-state index >= 15 is 0 Å². The van der Waals surface area contributed by atoms with Crippen LogP contribution >= 0.6 is 0 Å². The molecule has 0 atom stereocenters. The summed E-state index contributed by atoms with van der Waals surface area (Å²) in [5.41, 5.74) is 15.5. The molecule has 8 heteroatoms. The normalized spacial score (nSPS) is 10.5. The van der Waals surface area contributed by atoms with Crippen LogP contribution in [0.2, 0.25) is 0 Å². The van der Waals surface area contributed by atoms with Crippen LogP contribution in [0.3, 0.4) is 0 Å². The molecule has 0 aromatic heterocycles. The van der Waals surface area contributed by atoms with E-state index in [0.29, 0.717) is 13.1 Å². The molecule has 0 aliphatic rings. The summed E-state index contributed by atoms with van der Waals surface area (Å²) in [4.78, 5) is 36.4. The Morgan fingerprint density at radius 2 is 1.53 bits per heavy atom.